The van der Waals surface area contributed by atoms with Gasteiger partial charge in [-0.25, -0.2) is 0 Å². The summed E-state index contributed by atoms with van der Waals surface area (Å²) in [6, 6.07) is 13.4. The number of carbonyl (C=O) groups excluding carboxylic acids is 1. The van der Waals surface area contributed by atoms with Gasteiger partial charge >= 0.3 is 0 Å². The van der Waals surface area contributed by atoms with E-state index in [0.29, 0.717) is 12.8 Å². The van der Waals surface area contributed by atoms with E-state index in [1.807, 2.05) is 49.4 Å². The molecule has 20 heavy (non-hydrogen) atoms. The third-order valence-corrected chi connectivity index (χ3v) is 3.90. The number of hydrogen-bond donors (Lipinski definition) is 2. The van der Waals surface area contributed by atoms with Crippen LogP contribution in [0, 0.1) is 6.92 Å². The quantitative estimate of drug-likeness (QED) is 0.834. The first-order valence-corrected chi connectivity index (χ1v) is 7.24. The molecule has 2 rings (SSSR count). The van der Waals surface area contributed by atoms with E-state index in [1.165, 1.54) is 0 Å². The number of anilines is 2. The lowest BCUT2D eigenvalue weighted by molar-refractivity contribution is -0.116. The Morgan fingerprint density at radius 1 is 1.25 bits per heavy atom. The van der Waals surface area contributed by atoms with E-state index < -0.39 is 0 Å². The van der Waals surface area contributed by atoms with Crippen LogP contribution in [0.15, 0.2) is 46.9 Å². The molecule has 0 saturated carbocycles. The highest BCUT2D eigenvalue weighted by Crippen LogP contribution is 2.20. The van der Waals surface area contributed by atoms with Gasteiger partial charge in [0.1, 0.15) is 0 Å². The van der Waals surface area contributed by atoms with Gasteiger partial charge in [-0.3, -0.25) is 4.79 Å². The third-order valence-electron chi connectivity index (χ3n) is 3.05. The number of hydrogen-bond acceptors (Lipinski definition) is 2. The maximum Gasteiger partial charge on any atom is 0.224 e. The number of nitrogens with two attached hydrogens (primary N) is 1. The number of carbonyl (C=O) groups is 1. The summed E-state index contributed by atoms with van der Waals surface area (Å²) in [5.74, 6) is 0.00294. The van der Waals surface area contributed by atoms with Crippen LogP contribution in [0.3, 0.4) is 0 Å². The molecular weight excluding hydrogens is 316 g/mol. The second kappa shape index (κ2) is 6.57. The number of rotatable bonds is 4. The van der Waals surface area contributed by atoms with E-state index in [4.69, 9.17) is 5.73 Å². The van der Waals surface area contributed by atoms with Crippen molar-refractivity contribution in [3.05, 3.63) is 58.1 Å². The number of aryl methyl sites for hydroxylation is 2. The van der Waals surface area contributed by atoms with Crippen LogP contribution in [0.25, 0.3) is 0 Å². The summed E-state index contributed by atoms with van der Waals surface area (Å²) in [4.78, 5) is 11.9. The van der Waals surface area contributed by atoms with Crippen molar-refractivity contribution in [1.29, 1.82) is 0 Å². The van der Waals surface area contributed by atoms with Crippen LogP contribution in [-0.2, 0) is 11.2 Å². The molecule has 0 aliphatic carbocycles. The van der Waals surface area contributed by atoms with Crippen LogP contribution in [0.1, 0.15) is 17.5 Å². The lowest BCUT2D eigenvalue weighted by atomic mass is 10.1. The van der Waals surface area contributed by atoms with Crippen molar-refractivity contribution in [3.63, 3.8) is 0 Å². The van der Waals surface area contributed by atoms with Crippen LogP contribution < -0.4 is 11.1 Å². The largest absolute Gasteiger partial charge is 0.399 e. The van der Waals surface area contributed by atoms with Crippen LogP contribution in [0.2, 0.25) is 0 Å². The van der Waals surface area contributed by atoms with Crippen LogP contribution in [-0.4, -0.2) is 5.91 Å². The second-order valence-electron chi connectivity index (χ2n) is 4.76. The molecule has 1 amide bonds. The summed E-state index contributed by atoms with van der Waals surface area (Å²) in [7, 11) is 0. The molecule has 2 aromatic rings. The van der Waals surface area contributed by atoms with E-state index in [9.17, 15) is 4.79 Å². The first-order chi connectivity index (χ1) is 9.54. The fourth-order valence-electron chi connectivity index (χ4n) is 1.90. The highest BCUT2D eigenvalue weighted by atomic mass is 79.9. The minimum Gasteiger partial charge on any atom is -0.399 e. The van der Waals surface area contributed by atoms with Gasteiger partial charge in [0, 0.05) is 22.3 Å². The Morgan fingerprint density at radius 2 is 2.05 bits per heavy atom. The van der Waals surface area contributed by atoms with Gasteiger partial charge in [-0.15, -0.1) is 0 Å². The van der Waals surface area contributed by atoms with Crippen molar-refractivity contribution in [1.82, 2.24) is 0 Å². The average Bonchev–Trinajstić information content (AvgIpc) is 2.41. The van der Waals surface area contributed by atoms with E-state index in [0.717, 1.165) is 27.0 Å². The molecule has 0 atom stereocenters. The maximum atomic E-state index is 11.9. The number of nitrogens with one attached hydrogen (secondary N) is 1. The van der Waals surface area contributed by atoms with E-state index in [-0.39, 0.29) is 5.91 Å². The van der Waals surface area contributed by atoms with Gasteiger partial charge in [0.05, 0.1) is 0 Å². The number of nitrogen functional groups attached to an aromatic ring is 1. The number of benzene rings is 2. The Bertz CT molecular complexity index is 626. The minimum absolute atomic E-state index is 0.00294. The zero-order chi connectivity index (χ0) is 14.5. The van der Waals surface area contributed by atoms with Gasteiger partial charge in [-0.2, -0.15) is 0 Å². The van der Waals surface area contributed by atoms with Crippen molar-refractivity contribution in [3.8, 4) is 0 Å². The highest BCUT2D eigenvalue weighted by Gasteiger charge is 2.04. The summed E-state index contributed by atoms with van der Waals surface area (Å²) < 4.78 is 0.992. The number of amides is 1. The zero-order valence-corrected chi connectivity index (χ0v) is 12.9. The molecule has 0 heterocycles. The molecule has 0 radical (unpaired) electrons. The first kappa shape index (κ1) is 14.6. The maximum absolute atomic E-state index is 11.9. The lowest BCUT2D eigenvalue weighted by Gasteiger charge is -2.07. The Labute approximate surface area is 127 Å². The van der Waals surface area contributed by atoms with Gasteiger partial charge in [0.2, 0.25) is 5.91 Å². The summed E-state index contributed by atoms with van der Waals surface area (Å²) in [5, 5.41) is 2.89. The fourth-order valence-corrected chi connectivity index (χ4v) is 2.28. The van der Waals surface area contributed by atoms with E-state index >= 15 is 0 Å². The molecular formula is C16H17BrN2O. The topological polar surface area (TPSA) is 55.1 Å². The van der Waals surface area contributed by atoms with E-state index in [1.54, 1.807) is 0 Å². The molecule has 104 valence electrons. The zero-order valence-electron chi connectivity index (χ0n) is 11.3. The summed E-state index contributed by atoms with van der Waals surface area (Å²) in [5.41, 5.74) is 9.46. The average molecular weight is 333 g/mol. The Kier molecular flexibility index (Phi) is 4.79. The molecule has 3 nitrogen and oxygen atoms in total. The van der Waals surface area contributed by atoms with Crippen molar-refractivity contribution >= 4 is 33.2 Å². The summed E-state index contributed by atoms with van der Waals surface area (Å²) >= 11 is 3.45. The fraction of sp³-hybridized carbons (Fsp3) is 0.188. The van der Waals surface area contributed by atoms with E-state index in [2.05, 4.69) is 21.2 Å². The van der Waals surface area contributed by atoms with Crippen LogP contribution in [0.5, 0.6) is 0 Å². The molecule has 2 aromatic carbocycles. The normalized spacial score (nSPS) is 10.3. The van der Waals surface area contributed by atoms with Gasteiger partial charge in [0.25, 0.3) is 0 Å². The molecule has 0 fully saturated rings. The molecule has 0 spiro atoms. The molecule has 0 aromatic heterocycles. The van der Waals surface area contributed by atoms with Gasteiger partial charge < -0.3 is 11.1 Å². The molecule has 0 saturated heterocycles. The molecule has 4 heteroatoms. The first-order valence-electron chi connectivity index (χ1n) is 6.45. The highest BCUT2D eigenvalue weighted by molar-refractivity contribution is 9.10. The molecule has 0 aliphatic heterocycles. The van der Waals surface area contributed by atoms with Crippen molar-refractivity contribution < 1.29 is 4.79 Å². The molecule has 0 unspecified atom stereocenters. The molecule has 3 N–H and O–H groups in total. The van der Waals surface area contributed by atoms with Gasteiger partial charge in [-0.1, -0.05) is 34.1 Å². The smallest absolute Gasteiger partial charge is 0.224 e. The molecule has 0 aliphatic rings. The Hall–Kier alpha value is -1.81. The predicted octanol–water partition coefficient (Wildman–Crippen LogP) is 3.91. The second-order valence-corrected chi connectivity index (χ2v) is 5.61. The van der Waals surface area contributed by atoms with Crippen molar-refractivity contribution in [2.24, 2.45) is 0 Å². The van der Waals surface area contributed by atoms with Gasteiger partial charge in [0.15, 0.2) is 0 Å². The van der Waals surface area contributed by atoms with Crippen molar-refractivity contribution in [2.75, 3.05) is 11.1 Å². The minimum atomic E-state index is 0.00294. The Morgan fingerprint density at radius 3 is 2.75 bits per heavy atom. The lowest BCUT2D eigenvalue weighted by Crippen LogP contribution is -2.12. The molecule has 0 bridgehead atoms. The predicted molar refractivity (Wildman–Crippen MR) is 86.7 cm³/mol. The monoisotopic (exact) mass is 332 g/mol. The summed E-state index contributed by atoms with van der Waals surface area (Å²) in [6.07, 6.45) is 1.12. The Balaban J connectivity index is 1.91. The SMILES string of the molecule is Cc1ccc(NC(=O)CCc2cccc(N)c2)cc1Br. The number of halogens is 1. The standard InChI is InChI=1S/C16H17BrN2O/c1-11-5-7-14(10-15(11)17)19-16(20)8-6-12-3-2-4-13(18)9-12/h2-5,7,9-10H,6,8,18H2,1H3,(H,19,20). The van der Waals surface area contributed by atoms with Crippen molar-refractivity contribution in [2.45, 2.75) is 19.8 Å². The van der Waals surface area contributed by atoms with Crippen LogP contribution >= 0.6 is 15.9 Å². The van der Waals surface area contributed by atoms with Crippen LogP contribution in [0.4, 0.5) is 11.4 Å². The third kappa shape index (κ3) is 4.10. The van der Waals surface area contributed by atoms with Gasteiger partial charge in [-0.05, 0) is 48.7 Å². The summed E-state index contributed by atoms with van der Waals surface area (Å²) in [6.45, 7) is 2.01.